The molecule has 0 radical (unpaired) electrons. The van der Waals surface area contributed by atoms with Crippen LogP contribution in [0.2, 0.25) is 0 Å². The van der Waals surface area contributed by atoms with Crippen LogP contribution >= 0.6 is 0 Å². The predicted molar refractivity (Wildman–Crippen MR) is 218 cm³/mol. The Hall–Kier alpha value is -7.02. The zero-order valence-corrected chi connectivity index (χ0v) is 28.3. The summed E-state index contributed by atoms with van der Waals surface area (Å²) in [5, 5.41) is 16.1. The highest BCUT2D eigenvalue weighted by Gasteiger charge is 2.19. The molecule has 7 aromatic carbocycles. The van der Waals surface area contributed by atoms with Crippen molar-refractivity contribution in [3.63, 3.8) is 0 Å². The monoisotopic (exact) mass is 664 g/mol. The highest BCUT2D eigenvalue weighted by atomic mass is 16.3. The van der Waals surface area contributed by atoms with Crippen molar-refractivity contribution in [2.45, 2.75) is 6.42 Å². The normalized spacial score (nSPS) is 12.7. The average Bonchev–Trinajstić information content (AvgIpc) is 3.57. The predicted octanol–water partition coefficient (Wildman–Crippen LogP) is 12.7. The Kier molecular flexibility index (Phi) is 6.94. The van der Waals surface area contributed by atoms with Gasteiger partial charge >= 0.3 is 0 Å². The van der Waals surface area contributed by atoms with E-state index in [1.165, 1.54) is 43.7 Å². The molecule has 0 fully saturated rings. The molecular formula is C49H32N2O. The molecule has 0 saturated heterocycles. The van der Waals surface area contributed by atoms with Crippen LogP contribution in [-0.4, -0.2) is 9.51 Å². The van der Waals surface area contributed by atoms with Crippen LogP contribution in [0, 0.1) is 11.8 Å². The lowest BCUT2D eigenvalue weighted by molar-refractivity contribution is 0.474. The molecule has 3 nitrogen and oxygen atoms in total. The van der Waals surface area contributed by atoms with E-state index in [9.17, 15) is 5.11 Å². The first-order valence-corrected chi connectivity index (χ1v) is 17.6. The Morgan fingerprint density at radius 2 is 1.17 bits per heavy atom. The van der Waals surface area contributed by atoms with Gasteiger partial charge in [-0.3, -0.25) is 0 Å². The third-order valence-electron chi connectivity index (χ3n) is 10.3. The molecule has 0 spiro atoms. The number of aromatic nitrogens is 1. The molecule has 1 aliphatic carbocycles. The summed E-state index contributed by atoms with van der Waals surface area (Å²) < 4.78 is 2.42. The number of phenols is 1. The Morgan fingerprint density at radius 1 is 0.519 bits per heavy atom. The fourth-order valence-corrected chi connectivity index (χ4v) is 7.83. The lowest BCUT2D eigenvalue weighted by atomic mass is 10.00. The molecule has 2 heterocycles. The van der Waals surface area contributed by atoms with Gasteiger partial charge in [0.25, 0.3) is 0 Å². The summed E-state index contributed by atoms with van der Waals surface area (Å²) in [5.74, 6) is 6.65. The van der Waals surface area contributed by atoms with Gasteiger partial charge in [0.2, 0.25) is 0 Å². The standard InChI is InChI=1S/C49H32N2O/c52-48-29-27-40(32-44(48)35-14-4-1-2-5-15-35)50(38-25-22-34(23-26-38)33-12-6-3-7-13-33)39-17-10-16-36(30-39)37-24-28-47-45(31-37)43-20-11-19-42-41-18-8-9-21-46(41)51(47)49(42)43/h1,3-4,6-14,16-32,52H,2H2. The number of hydrogen-bond acceptors (Lipinski definition) is 2. The van der Waals surface area contributed by atoms with E-state index in [2.05, 4.69) is 155 Å². The second-order valence-electron chi connectivity index (χ2n) is 13.3. The molecule has 0 unspecified atom stereocenters. The molecule has 10 rings (SSSR count). The van der Waals surface area contributed by atoms with Crippen LogP contribution in [0.25, 0.3) is 65.9 Å². The van der Waals surface area contributed by atoms with Gasteiger partial charge in [-0.1, -0.05) is 121 Å². The molecule has 1 N–H and O–H groups in total. The molecule has 0 amide bonds. The maximum atomic E-state index is 11.0. The molecule has 3 heteroatoms. The number of phenolic OH excluding ortho intramolecular Hbond substituents is 1. The fourth-order valence-electron chi connectivity index (χ4n) is 7.83. The van der Waals surface area contributed by atoms with E-state index in [-0.39, 0.29) is 5.75 Å². The number of rotatable bonds is 6. The maximum Gasteiger partial charge on any atom is 0.124 e. The molecule has 0 saturated carbocycles. The molecule has 2 aromatic heterocycles. The van der Waals surface area contributed by atoms with Crippen LogP contribution in [0.1, 0.15) is 12.0 Å². The maximum absolute atomic E-state index is 11.0. The Bertz CT molecular complexity index is 2940. The van der Waals surface area contributed by atoms with E-state index < -0.39 is 0 Å². The van der Waals surface area contributed by atoms with Crippen molar-refractivity contribution in [1.29, 1.82) is 0 Å². The molecule has 52 heavy (non-hydrogen) atoms. The number of benzene rings is 7. The summed E-state index contributed by atoms with van der Waals surface area (Å²) in [7, 11) is 0. The van der Waals surface area contributed by atoms with Gasteiger partial charge < -0.3 is 14.4 Å². The summed E-state index contributed by atoms with van der Waals surface area (Å²) in [6.45, 7) is 0. The van der Waals surface area contributed by atoms with Crippen LogP contribution in [0.3, 0.4) is 0 Å². The Labute approximate surface area is 302 Å². The second kappa shape index (κ2) is 12.1. The van der Waals surface area contributed by atoms with Crippen molar-refractivity contribution in [3.05, 3.63) is 182 Å². The number of hydrogen-bond donors (Lipinski definition) is 1. The minimum Gasteiger partial charge on any atom is -0.507 e. The third kappa shape index (κ3) is 4.85. The molecule has 1 aliphatic rings. The number of allylic oxidation sites excluding steroid dienone is 4. The molecule has 244 valence electrons. The van der Waals surface area contributed by atoms with E-state index >= 15 is 0 Å². The van der Waals surface area contributed by atoms with Gasteiger partial charge in [-0.2, -0.15) is 0 Å². The zero-order valence-electron chi connectivity index (χ0n) is 28.3. The number of para-hydroxylation sites is 2. The highest BCUT2D eigenvalue weighted by molar-refractivity contribution is 6.23. The zero-order chi connectivity index (χ0) is 34.6. The topological polar surface area (TPSA) is 27.9 Å². The van der Waals surface area contributed by atoms with Crippen LogP contribution in [0.4, 0.5) is 17.1 Å². The Morgan fingerprint density at radius 3 is 2.06 bits per heavy atom. The number of fused-ring (bicyclic) bond motifs is 6. The van der Waals surface area contributed by atoms with Crippen LogP contribution in [0.5, 0.6) is 5.75 Å². The molecule has 9 aromatic rings. The molecule has 0 aliphatic heterocycles. The second-order valence-corrected chi connectivity index (χ2v) is 13.3. The van der Waals surface area contributed by atoms with Crippen molar-refractivity contribution in [2.75, 3.05) is 4.90 Å². The van der Waals surface area contributed by atoms with Gasteiger partial charge in [0.1, 0.15) is 5.75 Å². The summed E-state index contributed by atoms with van der Waals surface area (Å²) >= 11 is 0. The third-order valence-corrected chi connectivity index (χ3v) is 10.3. The minimum atomic E-state index is 0.208. The van der Waals surface area contributed by atoms with E-state index in [0.717, 1.165) is 39.3 Å². The van der Waals surface area contributed by atoms with Crippen LogP contribution < -0.4 is 4.90 Å². The first-order chi connectivity index (χ1) is 25.7. The fraction of sp³-hybridized carbons (Fsp3) is 0.0204. The number of nitrogens with zero attached hydrogens (tertiary/aromatic N) is 2. The summed E-state index contributed by atoms with van der Waals surface area (Å²) in [5.41, 5.74) is 12.8. The van der Waals surface area contributed by atoms with Crippen molar-refractivity contribution in [3.8, 4) is 39.8 Å². The molecule has 0 atom stereocenters. The van der Waals surface area contributed by atoms with Crippen molar-refractivity contribution in [2.24, 2.45) is 0 Å². The van der Waals surface area contributed by atoms with E-state index in [1.807, 2.05) is 36.4 Å². The highest BCUT2D eigenvalue weighted by Crippen LogP contribution is 2.43. The van der Waals surface area contributed by atoms with Gasteiger partial charge in [-0.05, 0) is 89.0 Å². The summed E-state index contributed by atoms with van der Waals surface area (Å²) in [4.78, 5) is 2.26. The van der Waals surface area contributed by atoms with Crippen molar-refractivity contribution in [1.82, 2.24) is 4.40 Å². The van der Waals surface area contributed by atoms with Gasteiger partial charge in [0.15, 0.2) is 0 Å². The molecule has 0 bridgehead atoms. The SMILES string of the molecule is Oc1ccc(N(c2ccc(-c3ccccc3)cc2)c2cccc(-c3ccc4c(c3)c3cccc5c6ccccc6n4c53)c2)cc1C1=CC=CCC#C1. The Balaban J connectivity index is 1.12. The van der Waals surface area contributed by atoms with Crippen LogP contribution in [0.15, 0.2) is 176 Å². The van der Waals surface area contributed by atoms with Gasteiger partial charge in [0.05, 0.1) is 16.6 Å². The van der Waals surface area contributed by atoms with E-state index in [4.69, 9.17) is 0 Å². The first-order valence-electron chi connectivity index (χ1n) is 17.6. The van der Waals surface area contributed by atoms with Crippen molar-refractivity contribution < 1.29 is 5.11 Å². The lowest BCUT2D eigenvalue weighted by Crippen LogP contribution is -2.10. The minimum absolute atomic E-state index is 0.208. The quantitative estimate of drug-likeness (QED) is 0.179. The van der Waals surface area contributed by atoms with Gasteiger partial charge in [-0.25, -0.2) is 0 Å². The van der Waals surface area contributed by atoms with Gasteiger partial charge in [0, 0.05) is 56.2 Å². The first kappa shape index (κ1) is 29.9. The van der Waals surface area contributed by atoms with Crippen LogP contribution in [-0.2, 0) is 0 Å². The summed E-state index contributed by atoms with van der Waals surface area (Å²) in [6.07, 6.45) is 6.70. The lowest BCUT2D eigenvalue weighted by Gasteiger charge is -2.27. The number of aromatic hydroxyl groups is 1. The van der Waals surface area contributed by atoms with Crippen molar-refractivity contribution >= 4 is 60.7 Å². The largest absolute Gasteiger partial charge is 0.507 e. The van der Waals surface area contributed by atoms with E-state index in [0.29, 0.717) is 12.0 Å². The van der Waals surface area contributed by atoms with E-state index in [1.54, 1.807) is 6.07 Å². The smallest absolute Gasteiger partial charge is 0.124 e. The average molecular weight is 665 g/mol. The van der Waals surface area contributed by atoms with Gasteiger partial charge in [-0.15, -0.1) is 0 Å². The molecular weight excluding hydrogens is 633 g/mol. The number of anilines is 3. The summed E-state index contributed by atoms with van der Waals surface area (Å²) in [6, 6.07) is 55.9.